The Bertz CT molecular complexity index is 791. The number of aromatic nitrogens is 1. The minimum Gasteiger partial charge on any atom is -0.495 e. The molecule has 3 rings (SSSR count). The van der Waals surface area contributed by atoms with E-state index in [9.17, 15) is 0 Å². The third kappa shape index (κ3) is 2.61. The molecule has 0 fully saturated rings. The van der Waals surface area contributed by atoms with E-state index in [-0.39, 0.29) is 0 Å². The molecule has 0 unspecified atom stereocenters. The third-order valence-electron chi connectivity index (χ3n) is 3.66. The first-order valence-corrected chi connectivity index (χ1v) is 7.42. The molecule has 0 aliphatic heterocycles. The molecule has 2 aromatic carbocycles. The van der Waals surface area contributed by atoms with E-state index in [1.807, 2.05) is 36.4 Å². The average Bonchev–Trinajstić information content (AvgIpc) is 2.79. The van der Waals surface area contributed by atoms with Gasteiger partial charge in [-0.1, -0.05) is 35.3 Å². The molecule has 0 radical (unpaired) electrons. The zero-order valence-corrected chi connectivity index (χ0v) is 13.4. The van der Waals surface area contributed by atoms with Gasteiger partial charge in [-0.3, -0.25) is 0 Å². The van der Waals surface area contributed by atoms with Crippen LogP contribution in [0.3, 0.4) is 0 Å². The Hall–Kier alpha value is -1.64. The average molecular weight is 320 g/mol. The molecular weight excluding hydrogens is 305 g/mol. The second kappa shape index (κ2) is 5.63. The van der Waals surface area contributed by atoms with E-state index >= 15 is 0 Å². The maximum Gasteiger partial charge on any atom is 0.138 e. The van der Waals surface area contributed by atoms with Crippen molar-refractivity contribution in [2.75, 3.05) is 7.11 Å². The number of hydrogen-bond donors (Lipinski definition) is 0. The van der Waals surface area contributed by atoms with Gasteiger partial charge in [0.05, 0.1) is 17.6 Å². The van der Waals surface area contributed by atoms with Gasteiger partial charge in [0.15, 0.2) is 0 Å². The number of aryl methyl sites for hydroxylation is 1. The molecule has 2 nitrogen and oxygen atoms in total. The van der Waals surface area contributed by atoms with Gasteiger partial charge < -0.3 is 9.30 Å². The monoisotopic (exact) mass is 319 g/mol. The zero-order valence-electron chi connectivity index (χ0n) is 11.9. The number of benzene rings is 2. The molecule has 0 amide bonds. The van der Waals surface area contributed by atoms with Crippen molar-refractivity contribution in [3.63, 3.8) is 0 Å². The standard InChI is InChI=1S/C17H15Cl2NO/c1-11-9-14-15(7-8-16(21-2)17(14)19)20(11)10-12-3-5-13(18)6-4-12/h3-9H,10H2,1-2H3. The van der Waals surface area contributed by atoms with Gasteiger partial charge in [0, 0.05) is 22.6 Å². The number of halogens is 2. The highest BCUT2D eigenvalue weighted by molar-refractivity contribution is 6.37. The summed E-state index contributed by atoms with van der Waals surface area (Å²) in [5.74, 6) is 0.702. The van der Waals surface area contributed by atoms with Gasteiger partial charge in [0.2, 0.25) is 0 Å². The molecule has 0 bridgehead atoms. The van der Waals surface area contributed by atoms with Gasteiger partial charge in [-0.25, -0.2) is 0 Å². The van der Waals surface area contributed by atoms with Crippen molar-refractivity contribution in [1.82, 2.24) is 4.57 Å². The van der Waals surface area contributed by atoms with Crippen LogP contribution >= 0.6 is 23.2 Å². The fourth-order valence-corrected chi connectivity index (χ4v) is 2.97. The van der Waals surface area contributed by atoms with Crippen LogP contribution in [0.1, 0.15) is 11.3 Å². The van der Waals surface area contributed by atoms with Gasteiger partial charge in [0.1, 0.15) is 5.75 Å². The lowest BCUT2D eigenvalue weighted by atomic mass is 10.2. The first-order chi connectivity index (χ1) is 10.1. The highest BCUT2D eigenvalue weighted by Gasteiger charge is 2.12. The summed E-state index contributed by atoms with van der Waals surface area (Å²) in [7, 11) is 1.63. The van der Waals surface area contributed by atoms with Crippen molar-refractivity contribution in [2.45, 2.75) is 13.5 Å². The van der Waals surface area contributed by atoms with Crippen LogP contribution in [-0.4, -0.2) is 11.7 Å². The van der Waals surface area contributed by atoms with Crippen LogP contribution < -0.4 is 4.74 Å². The lowest BCUT2D eigenvalue weighted by Gasteiger charge is -2.10. The molecule has 0 spiro atoms. The quantitative estimate of drug-likeness (QED) is 0.637. The summed E-state index contributed by atoms with van der Waals surface area (Å²) in [4.78, 5) is 0. The molecule has 3 aromatic rings. The first kappa shape index (κ1) is 14.3. The normalized spacial score (nSPS) is 11.0. The van der Waals surface area contributed by atoms with E-state index in [1.54, 1.807) is 7.11 Å². The Morgan fingerprint density at radius 3 is 2.43 bits per heavy atom. The lowest BCUT2D eigenvalue weighted by Crippen LogP contribution is -2.01. The second-order valence-electron chi connectivity index (χ2n) is 5.01. The van der Waals surface area contributed by atoms with E-state index in [1.165, 1.54) is 5.56 Å². The molecule has 108 valence electrons. The minimum absolute atomic E-state index is 0.660. The fourth-order valence-electron chi connectivity index (χ4n) is 2.55. The van der Waals surface area contributed by atoms with Crippen LogP contribution in [0.4, 0.5) is 0 Å². The number of methoxy groups -OCH3 is 1. The minimum atomic E-state index is 0.660. The van der Waals surface area contributed by atoms with E-state index in [0.717, 1.165) is 28.2 Å². The summed E-state index contributed by atoms with van der Waals surface area (Å²) >= 11 is 12.3. The van der Waals surface area contributed by atoms with Crippen LogP contribution in [0.5, 0.6) is 5.75 Å². The molecule has 0 aliphatic rings. The summed E-state index contributed by atoms with van der Waals surface area (Å²) in [6, 6.07) is 13.9. The van der Waals surface area contributed by atoms with Crippen LogP contribution in [0.2, 0.25) is 10.0 Å². The van der Waals surface area contributed by atoms with E-state index in [0.29, 0.717) is 10.8 Å². The molecule has 0 saturated carbocycles. The Balaban J connectivity index is 2.08. The fraction of sp³-hybridized carbons (Fsp3) is 0.176. The van der Waals surface area contributed by atoms with Crippen LogP contribution in [-0.2, 0) is 6.54 Å². The Kier molecular flexibility index (Phi) is 3.83. The van der Waals surface area contributed by atoms with Crippen molar-refractivity contribution in [2.24, 2.45) is 0 Å². The van der Waals surface area contributed by atoms with E-state index in [4.69, 9.17) is 27.9 Å². The molecule has 0 atom stereocenters. The maximum absolute atomic E-state index is 6.40. The van der Waals surface area contributed by atoms with E-state index in [2.05, 4.69) is 17.6 Å². The summed E-state index contributed by atoms with van der Waals surface area (Å²) in [5, 5.41) is 2.43. The summed E-state index contributed by atoms with van der Waals surface area (Å²) in [6.45, 7) is 2.87. The topological polar surface area (TPSA) is 14.2 Å². The molecule has 21 heavy (non-hydrogen) atoms. The molecule has 4 heteroatoms. The number of fused-ring (bicyclic) bond motifs is 1. The largest absolute Gasteiger partial charge is 0.495 e. The SMILES string of the molecule is COc1ccc2c(cc(C)n2Cc2ccc(Cl)cc2)c1Cl. The Labute approximate surface area is 133 Å². The zero-order chi connectivity index (χ0) is 15.0. The second-order valence-corrected chi connectivity index (χ2v) is 5.83. The lowest BCUT2D eigenvalue weighted by molar-refractivity contribution is 0.415. The molecule has 1 aromatic heterocycles. The summed E-state index contributed by atoms with van der Waals surface area (Å²) < 4.78 is 7.52. The van der Waals surface area contributed by atoms with Crippen molar-refractivity contribution in [3.05, 3.63) is 63.8 Å². The smallest absolute Gasteiger partial charge is 0.138 e. The van der Waals surface area contributed by atoms with Crippen LogP contribution in [0.15, 0.2) is 42.5 Å². The predicted molar refractivity (Wildman–Crippen MR) is 88.8 cm³/mol. The molecule has 0 N–H and O–H groups in total. The van der Waals surface area contributed by atoms with Gasteiger partial charge >= 0.3 is 0 Å². The Morgan fingerprint density at radius 2 is 1.76 bits per heavy atom. The highest BCUT2D eigenvalue weighted by atomic mass is 35.5. The third-order valence-corrected chi connectivity index (χ3v) is 4.31. The molecule has 1 heterocycles. The highest BCUT2D eigenvalue weighted by Crippen LogP contribution is 2.34. The van der Waals surface area contributed by atoms with Crippen molar-refractivity contribution in [3.8, 4) is 5.75 Å². The van der Waals surface area contributed by atoms with E-state index < -0.39 is 0 Å². The number of hydrogen-bond acceptors (Lipinski definition) is 1. The van der Waals surface area contributed by atoms with Gasteiger partial charge in [-0.2, -0.15) is 0 Å². The van der Waals surface area contributed by atoms with Crippen molar-refractivity contribution >= 4 is 34.1 Å². The molecular formula is C17H15Cl2NO. The predicted octanol–water partition coefficient (Wildman–Crippen LogP) is 5.31. The first-order valence-electron chi connectivity index (χ1n) is 6.67. The number of rotatable bonds is 3. The maximum atomic E-state index is 6.40. The van der Waals surface area contributed by atoms with Gasteiger partial charge in [-0.15, -0.1) is 0 Å². The van der Waals surface area contributed by atoms with Crippen molar-refractivity contribution in [1.29, 1.82) is 0 Å². The summed E-state index contributed by atoms with van der Waals surface area (Å²) in [5.41, 5.74) is 3.47. The number of nitrogens with zero attached hydrogens (tertiary/aromatic N) is 1. The Morgan fingerprint density at radius 1 is 1.05 bits per heavy atom. The van der Waals surface area contributed by atoms with Crippen LogP contribution in [0.25, 0.3) is 10.9 Å². The molecule has 0 aliphatic carbocycles. The molecule has 0 saturated heterocycles. The summed E-state index contributed by atoms with van der Waals surface area (Å²) in [6.07, 6.45) is 0. The van der Waals surface area contributed by atoms with Crippen LogP contribution in [0, 0.1) is 6.92 Å². The van der Waals surface area contributed by atoms with Crippen molar-refractivity contribution < 1.29 is 4.74 Å². The van der Waals surface area contributed by atoms with Gasteiger partial charge in [-0.05, 0) is 42.8 Å². The number of ether oxygens (including phenoxy) is 1. The van der Waals surface area contributed by atoms with Gasteiger partial charge in [0.25, 0.3) is 0 Å².